The lowest BCUT2D eigenvalue weighted by molar-refractivity contribution is -0.120. The minimum absolute atomic E-state index is 0.0788. The maximum atomic E-state index is 12.2. The highest BCUT2D eigenvalue weighted by molar-refractivity contribution is 7.98. The zero-order chi connectivity index (χ0) is 16.7. The van der Waals surface area contributed by atoms with Crippen molar-refractivity contribution in [1.82, 2.24) is 0 Å². The molecule has 0 aliphatic rings. The molecular weight excluding hydrogens is 312 g/mol. The molecule has 5 nitrogen and oxygen atoms in total. The lowest BCUT2D eigenvalue weighted by atomic mass is 10.3. The summed E-state index contributed by atoms with van der Waals surface area (Å²) in [6, 6.07) is 14.6. The van der Waals surface area contributed by atoms with Crippen LogP contribution in [0.3, 0.4) is 0 Å². The Labute approximate surface area is 139 Å². The lowest BCUT2D eigenvalue weighted by Gasteiger charge is -2.18. The van der Waals surface area contributed by atoms with Gasteiger partial charge in [0.1, 0.15) is 5.75 Å². The van der Waals surface area contributed by atoms with E-state index in [1.165, 1.54) is 0 Å². The summed E-state index contributed by atoms with van der Waals surface area (Å²) >= 11 is 1.62. The maximum Gasteiger partial charge on any atom is 0.264 e. The van der Waals surface area contributed by atoms with Crippen LogP contribution in [0.4, 0.5) is 11.4 Å². The first-order valence-electron chi connectivity index (χ1n) is 6.97. The molecule has 0 atom stereocenters. The molecule has 2 aromatic rings. The van der Waals surface area contributed by atoms with Gasteiger partial charge in [-0.25, -0.2) is 0 Å². The average molecular weight is 330 g/mol. The number of anilines is 2. The summed E-state index contributed by atoms with van der Waals surface area (Å²) in [6.45, 7) is -0.0788. The first-order chi connectivity index (χ1) is 11.1. The van der Waals surface area contributed by atoms with Gasteiger partial charge in [-0.3, -0.25) is 9.59 Å². The SMILES string of the molecule is CSc1cccc(N(C)C(=O)COc2cccc(NC=O)c2)c1. The fraction of sp³-hybridized carbons (Fsp3) is 0.176. The number of hydrogen-bond donors (Lipinski definition) is 1. The average Bonchev–Trinajstić information content (AvgIpc) is 2.59. The molecule has 0 saturated carbocycles. The number of thioether (sulfide) groups is 1. The van der Waals surface area contributed by atoms with Crippen molar-refractivity contribution in [3.05, 3.63) is 48.5 Å². The molecule has 0 aliphatic heterocycles. The quantitative estimate of drug-likeness (QED) is 0.626. The molecule has 23 heavy (non-hydrogen) atoms. The Morgan fingerprint density at radius 3 is 2.78 bits per heavy atom. The van der Waals surface area contributed by atoms with Crippen molar-refractivity contribution >= 4 is 35.5 Å². The molecule has 0 aliphatic carbocycles. The van der Waals surface area contributed by atoms with Crippen molar-refractivity contribution in [2.45, 2.75) is 4.90 Å². The van der Waals surface area contributed by atoms with E-state index in [9.17, 15) is 9.59 Å². The van der Waals surface area contributed by atoms with Crippen molar-refractivity contribution in [3.63, 3.8) is 0 Å². The molecule has 0 radical (unpaired) electrons. The van der Waals surface area contributed by atoms with Gasteiger partial charge in [0, 0.05) is 29.4 Å². The van der Waals surface area contributed by atoms with E-state index in [0.717, 1.165) is 10.6 Å². The van der Waals surface area contributed by atoms with Gasteiger partial charge < -0.3 is 15.0 Å². The predicted octanol–water partition coefficient (Wildman–Crippen LogP) is 3.02. The number of hydrogen-bond acceptors (Lipinski definition) is 4. The molecule has 6 heteroatoms. The fourth-order valence-corrected chi connectivity index (χ4v) is 2.40. The van der Waals surface area contributed by atoms with Crippen LogP contribution in [0.2, 0.25) is 0 Å². The zero-order valence-electron chi connectivity index (χ0n) is 13.0. The highest BCUT2D eigenvalue weighted by Gasteiger charge is 2.12. The van der Waals surface area contributed by atoms with Gasteiger partial charge in [0.15, 0.2) is 6.61 Å². The van der Waals surface area contributed by atoms with Crippen LogP contribution in [-0.4, -0.2) is 32.2 Å². The van der Waals surface area contributed by atoms with E-state index in [-0.39, 0.29) is 12.5 Å². The number of ether oxygens (including phenoxy) is 1. The molecule has 120 valence electrons. The first kappa shape index (κ1) is 16.9. The number of rotatable bonds is 7. The van der Waals surface area contributed by atoms with Crippen molar-refractivity contribution in [2.75, 3.05) is 30.1 Å². The van der Waals surface area contributed by atoms with Crippen molar-refractivity contribution in [1.29, 1.82) is 0 Å². The van der Waals surface area contributed by atoms with Crippen molar-refractivity contribution < 1.29 is 14.3 Å². The van der Waals surface area contributed by atoms with Gasteiger partial charge >= 0.3 is 0 Å². The van der Waals surface area contributed by atoms with E-state index in [1.807, 2.05) is 30.5 Å². The molecule has 0 fully saturated rings. The molecule has 2 rings (SSSR count). The summed E-state index contributed by atoms with van der Waals surface area (Å²) in [6.07, 6.45) is 2.58. The van der Waals surface area contributed by atoms with Gasteiger partial charge in [-0.1, -0.05) is 12.1 Å². The van der Waals surface area contributed by atoms with Gasteiger partial charge in [0.05, 0.1) is 0 Å². The standard InChI is InChI=1S/C17H18N2O3S/c1-19(14-6-4-8-16(10-14)23-2)17(21)11-22-15-7-3-5-13(9-15)18-12-20/h3-10,12H,11H2,1-2H3,(H,18,20). The van der Waals surface area contributed by atoms with Crippen LogP contribution >= 0.6 is 11.8 Å². The molecule has 0 unspecified atom stereocenters. The smallest absolute Gasteiger partial charge is 0.264 e. The van der Waals surface area contributed by atoms with Gasteiger partial charge in [0.2, 0.25) is 6.41 Å². The van der Waals surface area contributed by atoms with Crippen LogP contribution in [0.5, 0.6) is 5.75 Å². The minimum atomic E-state index is -0.156. The lowest BCUT2D eigenvalue weighted by Crippen LogP contribution is -2.31. The Morgan fingerprint density at radius 1 is 1.26 bits per heavy atom. The molecule has 0 spiro atoms. The number of benzene rings is 2. The molecule has 1 N–H and O–H groups in total. The van der Waals surface area contributed by atoms with Crippen LogP contribution < -0.4 is 15.0 Å². The number of carbonyl (C=O) groups excluding carboxylic acids is 2. The summed E-state index contributed by atoms with van der Waals surface area (Å²) in [5.41, 5.74) is 1.44. The summed E-state index contributed by atoms with van der Waals surface area (Å²) in [7, 11) is 1.72. The largest absolute Gasteiger partial charge is 0.484 e. The predicted molar refractivity (Wildman–Crippen MR) is 93.3 cm³/mol. The molecule has 0 aromatic heterocycles. The normalized spacial score (nSPS) is 10.0. The third-order valence-corrected chi connectivity index (χ3v) is 3.96. The summed E-state index contributed by atoms with van der Waals surface area (Å²) < 4.78 is 5.50. The summed E-state index contributed by atoms with van der Waals surface area (Å²) in [5.74, 6) is 0.369. The molecule has 2 aromatic carbocycles. The van der Waals surface area contributed by atoms with Crippen LogP contribution in [0, 0.1) is 0 Å². The van der Waals surface area contributed by atoms with Gasteiger partial charge in [-0.2, -0.15) is 0 Å². The Bertz CT molecular complexity index is 691. The minimum Gasteiger partial charge on any atom is -0.484 e. The molecular formula is C17H18N2O3S. The molecule has 0 heterocycles. The van der Waals surface area contributed by atoms with E-state index in [0.29, 0.717) is 17.8 Å². The van der Waals surface area contributed by atoms with Gasteiger partial charge in [0.25, 0.3) is 5.91 Å². The van der Waals surface area contributed by atoms with Crippen LogP contribution in [0.25, 0.3) is 0 Å². The molecule has 0 saturated heterocycles. The fourth-order valence-electron chi connectivity index (χ4n) is 1.95. The first-order valence-corrected chi connectivity index (χ1v) is 8.20. The van der Waals surface area contributed by atoms with Crippen LogP contribution in [0.15, 0.2) is 53.4 Å². The summed E-state index contributed by atoms with van der Waals surface area (Å²) in [4.78, 5) is 25.3. The third-order valence-electron chi connectivity index (χ3n) is 3.24. The second-order valence-electron chi connectivity index (χ2n) is 4.73. The second kappa shape index (κ2) is 8.24. The van der Waals surface area contributed by atoms with E-state index >= 15 is 0 Å². The van der Waals surface area contributed by atoms with E-state index in [2.05, 4.69) is 5.32 Å². The van der Waals surface area contributed by atoms with E-state index in [4.69, 9.17) is 4.74 Å². The van der Waals surface area contributed by atoms with Crippen LogP contribution in [0.1, 0.15) is 0 Å². The Hall–Kier alpha value is -2.47. The zero-order valence-corrected chi connectivity index (χ0v) is 13.8. The van der Waals surface area contributed by atoms with Gasteiger partial charge in [-0.05, 0) is 36.6 Å². The Balaban J connectivity index is 1.98. The Morgan fingerprint density at radius 2 is 2.04 bits per heavy atom. The summed E-state index contributed by atoms with van der Waals surface area (Å²) in [5, 5.41) is 2.54. The number of likely N-dealkylation sites (N-methyl/N-ethyl adjacent to an activating group) is 1. The number of amides is 2. The van der Waals surface area contributed by atoms with E-state index in [1.54, 1.807) is 48.0 Å². The number of carbonyl (C=O) groups is 2. The van der Waals surface area contributed by atoms with Crippen molar-refractivity contribution in [3.8, 4) is 5.75 Å². The van der Waals surface area contributed by atoms with Gasteiger partial charge in [-0.15, -0.1) is 11.8 Å². The third kappa shape index (κ3) is 4.75. The number of nitrogens with one attached hydrogen (secondary N) is 1. The highest BCUT2D eigenvalue weighted by atomic mass is 32.2. The maximum absolute atomic E-state index is 12.2. The molecule has 0 bridgehead atoms. The monoisotopic (exact) mass is 330 g/mol. The second-order valence-corrected chi connectivity index (χ2v) is 5.61. The van der Waals surface area contributed by atoms with Crippen LogP contribution in [-0.2, 0) is 9.59 Å². The highest BCUT2D eigenvalue weighted by Crippen LogP contribution is 2.22. The topological polar surface area (TPSA) is 58.6 Å². The van der Waals surface area contributed by atoms with Crippen molar-refractivity contribution in [2.24, 2.45) is 0 Å². The number of nitrogens with zero attached hydrogens (tertiary/aromatic N) is 1. The van der Waals surface area contributed by atoms with E-state index < -0.39 is 0 Å². The Kier molecular flexibility index (Phi) is 6.05. The molecule has 2 amide bonds.